The second-order valence-corrected chi connectivity index (χ2v) is 3.61. The van der Waals surface area contributed by atoms with Gasteiger partial charge in [0.05, 0.1) is 0 Å². The molecule has 1 saturated heterocycles. The maximum absolute atomic E-state index is 4.23. The highest BCUT2D eigenvalue weighted by molar-refractivity contribution is 5.24. The van der Waals surface area contributed by atoms with E-state index in [0.717, 1.165) is 13.1 Å². The maximum atomic E-state index is 4.23. The normalized spacial score (nSPS) is 18.1. The van der Waals surface area contributed by atoms with E-state index in [4.69, 9.17) is 0 Å². The Bertz CT molecular complexity index is 277. The molecule has 1 aliphatic rings. The van der Waals surface area contributed by atoms with Crippen molar-refractivity contribution in [2.75, 3.05) is 25.5 Å². The van der Waals surface area contributed by atoms with Crippen molar-refractivity contribution in [1.29, 1.82) is 0 Å². The summed E-state index contributed by atoms with van der Waals surface area (Å²) in [5.74, 6) is 1.34. The molecule has 4 nitrogen and oxygen atoms in total. The molecule has 0 aliphatic carbocycles. The topological polar surface area (TPSA) is 49.8 Å². The number of rotatable bonds is 2. The highest BCUT2D eigenvalue weighted by atomic mass is 15.1. The summed E-state index contributed by atoms with van der Waals surface area (Å²) in [5, 5.41) is 6.28. The summed E-state index contributed by atoms with van der Waals surface area (Å²) in [6.07, 6.45) is 6.27. The van der Waals surface area contributed by atoms with Crippen molar-refractivity contribution in [2.24, 2.45) is 0 Å². The van der Waals surface area contributed by atoms with Crippen molar-refractivity contribution in [1.82, 2.24) is 15.3 Å². The molecule has 4 heteroatoms. The summed E-state index contributed by atoms with van der Waals surface area (Å²) in [5.41, 5.74) is 1.27. The molecule has 0 unspecified atom stereocenters. The molecule has 1 aliphatic heterocycles. The van der Waals surface area contributed by atoms with E-state index in [1.165, 1.54) is 18.4 Å². The zero-order valence-corrected chi connectivity index (χ0v) is 8.45. The summed E-state index contributed by atoms with van der Waals surface area (Å²) in [6, 6.07) is 0. The number of nitrogens with zero attached hydrogens (tertiary/aromatic N) is 2. The van der Waals surface area contributed by atoms with E-state index in [-0.39, 0.29) is 0 Å². The van der Waals surface area contributed by atoms with Crippen LogP contribution in [0.4, 0.5) is 5.95 Å². The van der Waals surface area contributed by atoms with Crippen LogP contribution in [0.15, 0.2) is 12.4 Å². The number of hydrogen-bond donors (Lipinski definition) is 2. The third-order valence-electron chi connectivity index (χ3n) is 2.71. The van der Waals surface area contributed by atoms with Gasteiger partial charge in [0.2, 0.25) is 5.95 Å². The van der Waals surface area contributed by atoms with Gasteiger partial charge in [0.15, 0.2) is 0 Å². The summed E-state index contributed by atoms with van der Waals surface area (Å²) >= 11 is 0. The Kier molecular flexibility index (Phi) is 2.93. The van der Waals surface area contributed by atoms with Crippen molar-refractivity contribution in [3.8, 4) is 0 Å². The quantitative estimate of drug-likeness (QED) is 0.733. The smallest absolute Gasteiger partial charge is 0.222 e. The zero-order chi connectivity index (χ0) is 9.80. The molecule has 14 heavy (non-hydrogen) atoms. The summed E-state index contributed by atoms with van der Waals surface area (Å²) < 4.78 is 0. The Labute approximate surface area is 84.2 Å². The van der Waals surface area contributed by atoms with Crippen molar-refractivity contribution in [3.63, 3.8) is 0 Å². The van der Waals surface area contributed by atoms with E-state index >= 15 is 0 Å². The lowest BCUT2D eigenvalue weighted by atomic mass is 9.92. The second kappa shape index (κ2) is 4.37. The van der Waals surface area contributed by atoms with E-state index in [2.05, 4.69) is 20.6 Å². The maximum Gasteiger partial charge on any atom is 0.222 e. The van der Waals surface area contributed by atoms with Gasteiger partial charge in [0.25, 0.3) is 0 Å². The van der Waals surface area contributed by atoms with Gasteiger partial charge < -0.3 is 10.6 Å². The third kappa shape index (κ3) is 2.01. The van der Waals surface area contributed by atoms with Crippen LogP contribution in [0.25, 0.3) is 0 Å². The number of anilines is 1. The van der Waals surface area contributed by atoms with E-state index in [0.29, 0.717) is 11.9 Å². The minimum absolute atomic E-state index is 0.641. The van der Waals surface area contributed by atoms with Gasteiger partial charge in [-0.3, -0.25) is 0 Å². The minimum Gasteiger partial charge on any atom is -0.357 e. The van der Waals surface area contributed by atoms with Gasteiger partial charge in [0, 0.05) is 19.4 Å². The molecule has 1 aromatic heterocycles. The third-order valence-corrected chi connectivity index (χ3v) is 2.71. The van der Waals surface area contributed by atoms with Crippen LogP contribution in [0.1, 0.15) is 24.3 Å². The van der Waals surface area contributed by atoms with Crippen LogP contribution in [-0.4, -0.2) is 30.1 Å². The predicted octanol–water partition coefficient (Wildman–Crippen LogP) is 0.985. The second-order valence-electron chi connectivity index (χ2n) is 3.61. The molecule has 0 radical (unpaired) electrons. The molecule has 2 N–H and O–H groups in total. The van der Waals surface area contributed by atoms with Gasteiger partial charge in [-0.2, -0.15) is 0 Å². The zero-order valence-electron chi connectivity index (χ0n) is 8.45. The Morgan fingerprint density at radius 1 is 1.29 bits per heavy atom. The van der Waals surface area contributed by atoms with Crippen LogP contribution in [0.2, 0.25) is 0 Å². The van der Waals surface area contributed by atoms with Crippen LogP contribution >= 0.6 is 0 Å². The van der Waals surface area contributed by atoms with Gasteiger partial charge in [-0.1, -0.05) is 0 Å². The van der Waals surface area contributed by atoms with Crippen molar-refractivity contribution >= 4 is 5.95 Å². The largest absolute Gasteiger partial charge is 0.357 e. The lowest BCUT2D eigenvalue weighted by molar-refractivity contribution is 0.459. The van der Waals surface area contributed by atoms with Crippen molar-refractivity contribution in [3.05, 3.63) is 18.0 Å². The van der Waals surface area contributed by atoms with Crippen LogP contribution in [0.5, 0.6) is 0 Å². The van der Waals surface area contributed by atoms with E-state index in [1.807, 2.05) is 19.4 Å². The van der Waals surface area contributed by atoms with Crippen molar-refractivity contribution < 1.29 is 0 Å². The predicted molar refractivity (Wildman–Crippen MR) is 56.4 cm³/mol. The van der Waals surface area contributed by atoms with Crippen LogP contribution in [0.3, 0.4) is 0 Å². The first-order chi connectivity index (χ1) is 6.90. The highest BCUT2D eigenvalue weighted by Crippen LogP contribution is 2.23. The summed E-state index contributed by atoms with van der Waals surface area (Å²) in [7, 11) is 1.83. The van der Waals surface area contributed by atoms with Gasteiger partial charge in [-0.05, 0) is 37.4 Å². The van der Waals surface area contributed by atoms with Crippen LogP contribution < -0.4 is 10.6 Å². The fourth-order valence-electron chi connectivity index (χ4n) is 1.83. The molecule has 76 valence electrons. The molecule has 2 heterocycles. The van der Waals surface area contributed by atoms with Crippen LogP contribution in [0, 0.1) is 0 Å². The average Bonchev–Trinajstić information content (AvgIpc) is 2.30. The van der Waals surface area contributed by atoms with E-state index in [1.54, 1.807) is 0 Å². The van der Waals surface area contributed by atoms with Gasteiger partial charge >= 0.3 is 0 Å². The average molecular weight is 192 g/mol. The fourth-order valence-corrected chi connectivity index (χ4v) is 1.83. The Hall–Kier alpha value is -1.16. The molecule has 0 amide bonds. The first kappa shape index (κ1) is 9.40. The molecule has 1 aromatic rings. The Morgan fingerprint density at radius 3 is 2.50 bits per heavy atom. The molecule has 0 bridgehead atoms. The molecule has 0 spiro atoms. The van der Waals surface area contributed by atoms with Gasteiger partial charge in [-0.15, -0.1) is 0 Å². The summed E-state index contributed by atoms with van der Waals surface area (Å²) in [4.78, 5) is 8.46. The molecule has 0 atom stereocenters. The molecular formula is C10H16N4. The minimum atomic E-state index is 0.641. The standard InChI is InChI=1S/C10H16N4/c1-11-10-13-6-9(7-14-10)8-2-4-12-5-3-8/h6-8,12H,2-5H2,1H3,(H,11,13,14). The lowest BCUT2D eigenvalue weighted by Gasteiger charge is -2.22. The van der Waals surface area contributed by atoms with Crippen LogP contribution in [-0.2, 0) is 0 Å². The highest BCUT2D eigenvalue weighted by Gasteiger charge is 2.15. The molecule has 1 fully saturated rings. The number of hydrogen-bond acceptors (Lipinski definition) is 4. The fraction of sp³-hybridized carbons (Fsp3) is 0.600. The number of piperidine rings is 1. The number of aromatic nitrogens is 2. The Morgan fingerprint density at radius 2 is 1.93 bits per heavy atom. The molecule has 2 rings (SSSR count). The van der Waals surface area contributed by atoms with Gasteiger partial charge in [-0.25, -0.2) is 9.97 Å². The number of nitrogens with one attached hydrogen (secondary N) is 2. The molecular weight excluding hydrogens is 176 g/mol. The lowest BCUT2D eigenvalue weighted by Crippen LogP contribution is -2.26. The molecule has 0 aromatic carbocycles. The SMILES string of the molecule is CNc1ncc(C2CCNCC2)cn1. The van der Waals surface area contributed by atoms with E-state index in [9.17, 15) is 0 Å². The Balaban J connectivity index is 2.07. The van der Waals surface area contributed by atoms with Crippen molar-refractivity contribution in [2.45, 2.75) is 18.8 Å². The van der Waals surface area contributed by atoms with E-state index < -0.39 is 0 Å². The first-order valence-electron chi connectivity index (χ1n) is 5.10. The first-order valence-corrected chi connectivity index (χ1v) is 5.10. The summed E-state index contributed by atoms with van der Waals surface area (Å²) in [6.45, 7) is 2.22. The molecule has 0 saturated carbocycles. The van der Waals surface area contributed by atoms with Gasteiger partial charge in [0.1, 0.15) is 0 Å². The monoisotopic (exact) mass is 192 g/mol.